The van der Waals surface area contributed by atoms with E-state index in [4.69, 9.17) is 5.11 Å². The fourth-order valence-corrected chi connectivity index (χ4v) is 2.69. The SMILES string of the molecule is Cc1cccc(O)c1C(C)CC1CC1C(=O)O. The normalized spacial score (nSPS) is 24.4. The van der Waals surface area contributed by atoms with Gasteiger partial charge in [-0.3, -0.25) is 4.79 Å². The Balaban J connectivity index is 2.06. The molecule has 0 amide bonds. The summed E-state index contributed by atoms with van der Waals surface area (Å²) < 4.78 is 0. The highest BCUT2D eigenvalue weighted by Gasteiger charge is 2.43. The first-order chi connectivity index (χ1) is 8.00. The minimum absolute atomic E-state index is 0.163. The number of rotatable bonds is 4. The number of hydrogen-bond donors (Lipinski definition) is 2. The van der Waals surface area contributed by atoms with Gasteiger partial charge in [-0.05, 0) is 48.8 Å². The summed E-state index contributed by atoms with van der Waals surface area (Å²) in [5.41, 5.74) is 2.04. The van der Waals surface area contributed by atoms with Crippen molar-refractivity contribution in [1.29, 1.82) is 0 Å². The van der Waals surface area contributed by atoms with Crippen molar-refractivity contribution in [2.75, 3.05) is 0 Å². The molecule has 17 heavy (non-hydrogen) atoms. The molecule has 2 rings (SSSR count). The number of aromatic hydroxyl groups is 1. The third kappa shape index (κ3) is 2.43. The molecule has 0 aliphatic heterocycles. The van der Waals surface area contributed by atoms with Gasteiger partial charge in [-0.1, -0.05) is 19.1 Å². The predicted molar refractivity (Wildman–Crippen MR) is 65.1 cm³/mol. The third-order valence-corrected chi connectivity index (χ3v) is 3.69. The summed E-state index contributed by atoms with van der Waals surface area (Å²) >= 11 is 0. The van der Waals surface area contributed by atoms with Gasteiger partial charge in [0.05, 0.1) is 5.92 Å². The molecule has 1 aliphatic carbocycles. The average molecular weight is 234 g/mol. The highest BCUT2D eigenvalue weighted by Crippen LogP contribution is 2.46. The van der Waals surface area contributed by atoms with Crippen LogP contribution in [0.25, 0.3) is 0 Å². The van der Waals surface area contributed by atoms with Gasteiger partial charge in [0.1, 0.15) is 5.75 Å². The summed E-state index contributed by atoms with van der Waals surface area (Å²) in [5, 5.41) is 18.7. The molecule has 3 atom stereocenters. The highest BCUT2D eigenvalue weighted by molar-refractivity contribution is 5.73. The second kappa shape index (κ2) is 4.40. The van der Waals surface area contributed by atoms with Crippen LogP contribution in [0.15, 0.2) is 18.2 Å². The molecule has 0 bridgehead atoms. The Morgan fingerprint density at radius 3 is 2.76 bits per heavy atom. The zero-order chi connectivity index (χ0) is 12.6. The average Bonchev–Trinajstić information content (AvgIpc) is 2.96. The molecule has 0 radical (unpaired) electrons. The molecule has 2 N–H and O–H groups in total. The molecule has 0 saturated heterocycles. The van der Waals surface area contributed by atoms with E-state index in [9.17, 15) is 9.90 Å². The summed E-state index contributed by atoms with van der Waals surface area (Å²) in [7, 11) is 0. The Kier molecular flexibility index (Phi) is 3.09. The molecule has 1 aromatic carbocycles. The molecule has 3 heteroatoms. The molecule has 1 fully saturated rings. The van der Waals surface area contributed by atoms with Crippen LogP contribution in [-0.4, -0.2) is 16.2 Å². The van der Waals surface area contributed by atoms with Gasteiger partial charge in [0.2, 0.25) is 0 Å². The predicted octanol–water partition coefficient (Wildman–Crippen LogP) is 2.91. The lowest BCUT2D eigenvalue weighted by molar-refractivity contribution is -0.138. The minimum Gasteiger partial charge on any atom is -0.508 e. The maximum absolute atomic E-state index is 10.8. The van der Waals surface area contributed by atoms with E-state index in [-0.39, 0.29) is 17.8 Å². The number of carboxylic acids is 1. The largest absolute Gasteiger partial charge is 0.508 e. The molecule has 1 saturated carbocycles. The van der Waals surface area contributed by atoms with Crippen LogP contribution in [0.5, 0.6) is 5.75 Å². The van der Waals surface area contributed by atoms with E-state index in [1.165, 1.54) is 0 Å². The first kappa shape index (κ1) is 12.0. The monoisotopic (exact) mass is 234 g/mol. The molecular formula is C14H18O3. The van der Waals surface area contributed by atoms with Crippen molar-refractivity contribution in [2.24, 2.45) is 11.8 Å². The molecule has 92 valence electrons. The van der Waals surface area contributed by atoms with Gasteiger partial charge in [-0.2, -0.15) is 0 Å². The number of aryl methyl sites for hydroxylation is 1. The number of benzene rings is 1. The summed E-state index contributed by atoms with van der Waals surface area (Å²) in [4.78, 5) is 10.8. The molecule has 3 nitrogen and oxygen atoms in total. The van der Waals surface area contributed by atoms with Crippen LogP contribution in [0.4, 0.5) is 0 Å². The first-order valence-corrected chi connectivity index (χ1v) is 6.02. The van der Waals surface area contributed by atoms with Gasteiger partial charge in [0, 0.05) is 0 Å². The summed E-state index contributed by atoms with van der Waals surface area (Å²) in [6.45, 7) is 4.03. The second-order valence-electron chi connectivity index (χ2n) is 5.08. The van der Waals surface area contributed by atoms with Gasteiger partial charge in [-0.15, -0.1) is 0 Å². The van der Waals surface area contributed by atoms with Gasteiger partial charge >= 0.3 is 5.97 Å². The van der Waals surface area contributed by atoms with Crippen molar-refractivity contribution in [3.8, 4) is 5.75 Å². The van der Waals surface area contributed by atoms with Crippen molar-refractivity contribution in [3.63, 3.8) is 0 Å². The Bertz CT molecular complexity index is 419. The lowest BCUT2D eigenvalue weighted by Gasteiger charge is -2.16. The van der Waals surface area contributed by atoms with Gasteiger partial charge in [0.25, 0.3) is 0 Å². The van der Waals surface area contributed by atoms with Gasteiger partial charge in [-0.25, -0.2) is 0 Å². The second-order valence-corrected chi connectivity index (χ2v) is 5.08. The third-order valence-electron chi connectivity index (χ3n) is 3.69. The van der Waals surface area contributed by atoms with E-state index in [0.29, 0.717) is 5.75 Å². The fourth-order valence-electron chi connectivity index (χ4n) is 2.69. The van der Waals surface area contributed by atoms with E-state index >= 15 is 0 Å². The zero-order valence-corrected chi connectivity index (χ0v) is 10.2. The Labute approximate surface area is 101 Å². The number of phenols is 1. The van der Waals surface area contributed by atoms with E-state index in [0.717, 1.165) is 24.0 Å². The number of phenolic OH excluding ortho intramolecular Hbond substituents is 1. The minimum atomic E-state index is -0.684. The molecule has 0 aromatic heterocycles. The van der Waals surface area contributed by atoms with Crippen LogP contribution < -0.4 is 0 Å². The van der Waals surface area contributed by atoms with Crippen molar-refractivity contribution < 1.29 is 15.0 Å². The zero-order valence-electron chi connectivity index (χ0n) is 10.2. The van der Waals surface area contributed by atoms with E-state index in [2.05, 4.69) is 6.92 Å². The van der Waals surface area contributed by atoms with Crippen LogP contribution in [-0.2, 0) is 4.79 Å². The molecular weight excluding hydrogens is 216 g/mol. The molecule has 0 heterocycles. The highest BCUT2D eigenvalue weighted by atomic mass is 16.4. The smallest absolute Gasteiger partial charge is 0.306 e. The molecule has 0 spiro atoms. The number of carbonyl (C=O) groups is 1. The van der Waals surface area contributed by atoms with E-state index in [1.807, 2.05) is 19.1 Å². The maximum Gasteiger partial charge on any atom is 0.306 e. The number of carboxylic acid groups (broad SMARTS) is 1. The summed E-state index contributed by atoms with van der Waals surface area (Å²) in [6, 6.07) is 5.51. The fraction of sp³-hybridized carbons (Fsp3) is 0.500. The van der Waals surface area contributed by atoms with Crippen LogP contribution in [0, 0.1) is 18.8 Å². The van der Waals surface area contributed by atoms with Crippen molar-refractivity contribution in [3.05, 3.63) is 29.3 Å². The Morgan fingerprint density at radius 2 is 2.24 bits per heavy atom. The van der Waals surface area contributed by atoms with Crippen LogP contribution in [0.1, 0.15) is 36.8 Å². The van der Waals surface area contributed by atoms with Crippen molar-refractivity contribution in [2.45, 2.75) is 32.6 Å². The molecule has 1 aromatic rings. The quantitative estimate of drug-likeness (QED) is 0.842. The Hall–Kier alpha value is -1.51. The Morgan fingerprint density at radius 1 is 1.53 bits per heavy atom. The number of aliphatic carboxylic acids is 1. The van der Waals surface area contributed by atoms with Gasteiger partial charge in [0.15, 0.2) is 0 Å². The lowest BCUT2D eigenvalue weighted by atomic mass is 9.90. The first-order valence-electron chi connectivity index (χ1n) is 6.02. The van der Waals surface area contributed by atoms with Crippen molar-refractivity contribution >= 4 is 5.97 Å². The topological polar surface area (TPSA) is 57.5 Å². The maximum atomic E-state index is 10.8. The standard InChI is InChI=1S/C14H18O3/c1-8-4-3-5-12(15)13(8)9(2)6-10-7-11(10)14(16)17/h3-5,9-11,15H,6-7H2,1-2H3,(H,16,17). The number of hydrogen-bond acceptors (Lipinski definition) is 2. The molecule has 3 unspecified atom stereocenters. The lowest BCUT2D eigenvalue weighted by Crippen LogP contribution is -2.03. The van der Waals surface area contributed by atoms with E-state index in [1.54, 1.807) is 6.07 Å². The van der Waals surface area contributed by atoms with Gasteiger partial charge < -0.3 is 10.2 Å². The molecule has 1 aliphatic rings. The van der Waals surface area contributed by atoms with E-state index < -0.39 is 5.97 Å². The summed E-state index contributed by atoms with van der Waals surface area (Å²) in [6.07, 6.45) is 1.63. The van der Waals surface area contributed by atoms with Crippen LogP contribution in [0.2, 0.25) is 0 Å². The van der Waals surface area contributed by atoms with Crippen LogP contribution in [0.3, 0.4) is 0 Å². The van der Waals surface area contributed by atoms with Crippen molar-refractivity contribution in [1.82, 2.24) is 0 Å². The summed E-state index contributed by atoms with van der Waals surface area (Å²) in [5.74, 6) is -0.0307. The van der Waals surface area contributed by atoms with Crippen LogP contribution >= 0.6 is 0 Å².